The zero-order valence-corrected chi connectivity index (χ0v) is 16.2. The molecule has 6 nitrogen and oxygen atoms in total. The van der Waals surface area contributed by atoms with E-state index < -0.39 is 9.84 Å². The Morgan fingerprint density at radius 1 is 1.04 bits per heavy atom. The minimum Gasteiger partial charge on any atom is -0.306 e. The van der Waals surface area contributed by atoms with Crippen molar-refractivity contribution in [2.45, 2.75) is 19.6 Å². The van der Waals surface area contributed by atoms with Crippen LogP contribution in [-0.4, -0.2) is 30.4 Å². The van der Waals surface area contributed by atoms with Gasteiger partial charge in [-0.05, 0) is 43.7 Å². The van der Waals surface area contributed by atoms with Gasteiger partial charge in [0.2, 0.25) is 0 Å². The number of anilines is 1. The molecule has 0 saturated heterocycles. The molecule has 0 spiro atoms. The van der Waals surface area contributed by atoms with Crippen molar-refractivity contribution in [1.29, 1.82) is 0 Å². The van der Waals surface area contributed by atoms with Crippen LogP contribution >= 0.6 is 0 Å². The lowest BCUT2D eigenvalue weighted by Gasteiger charge is -2.10. The number of nitrogens with one attached hydrogen (secondary N) is 1. The van der Waals surface area contributed by atoms with E-state index in [1.54, 1.807) is 35.0 Å². The fourth-order valence-electron chi connectivity index (χ4n) is 2.71. The van der Waals surface area contributed by atoms with E-state index in [0.717, 1.165) is 16.9 Å². The maximum atomic E-state index is 12.6. The molecule has 27 heavy (non-hydrogen) atoms. The SMILES string of the molecule is Cc1ccc(-n2nc(C)cc2NC(=O)c2ccc(CS(C)(=O)=O)cc2)cc1. The molecule has 1 heterocycles. The third-order valence-corrected chi connectivity index (χ3v) is 4.85. The van der Waals surface area contributed by atoms with Gasteiger partial charge in [-0.3, -0.25) is 4.79 Å². The number of aryl methyl sites for hydroxylation is 2. The molecule has 1 N–H and O–H groups in total. The number of amides is 1. The lowest BCUT2D eigenvalue weighted by atomic mass is 10.1. The highest BCUT2D eigenvalue weighted by molar-refractivity contribution is 7.89. The van der Waals surface area contributed by atoms with Crippen molar-refractivity contribution in [1.82, 2.24) is 9.78 Å². The molecule has 2 aromatic carbocycles. The Bertz CT molecular complexity index is 1070. The average Bonchev–Trinajstić information content (AvgIpc) is 2.95. The second-order valence-electron chi connectivity index (χ2n) is 6.64. The lowest BCUT2D eigenvalue weighted by molar-refractivity contribution is 0.102. The van der Waals surface area contributed by atoms with E-state index in [4.69, 9.17) is 0 Å². The highest BCUT2D eigenvalue weighted by Gasteiger charge is 2.13. The minimum atomic E-state index is -3.11. The van der Waals surface area contributed by atoms with Gasteiger partial charge in [-0.25, -0.2) is 13.1 Å². The molecule has 0 aliphatic carbocycles. The zero-order chi connectivity index (χ0) is 19.6. The summed E-state index contributed by atoms with van der Waals surface area (Å²) in [6, 6.07) is 16.2. The number of carbonyl (C=O) groups is 1. The van der Waals surface area contributed by atoms with Gasteiger partial charge in [0.1, 0.15) is 5.82 Å². The maximum absolute atomic E-state index is 12.6. The smallest absolute Gasteiger partial charge is 0.256 e. The molecule has 0 fully saturated rings. The zero-order valence-electron chi connectivity index (χ0n) is 15.4. The Hall–Kier alpha value is -2.93. The number of benzene rings is 2. The highest BCUT2D eigenvalue weighted by Crippen LogP contribution is 2.19. The van der Waals surface area contributed by atoms with Crippen LogP contribution in [0.5, 0.6) is 0 Å². The van der Waals surface area contributed by atoms with Crippen molar-refractivity contribution in [2.24, 2.45) is 0 Å². The van der Waals surface area contributed by atoms with Gasteiger partial charge in [0.05, 0.1) is 17.1 Å². The van der Waals surface area contributed by atoms with Gasteiger partial charge in [0.15, 0.2) is 9.84 Å². The largest absolute Gasteiger partial charge is 0.306 e. The van der Waals surface area contributed by atoms with Crippen molar-refractivity contribution in [2.75, 3.05) is 11.6 Å². The number of carbonyl (C=O) groups excluding carboxylic acids is 1. The first kappa shape index (κ1) is 18.8. The summed E-state index contributed by atoms with van der Waals surface area (Å²) in [6.07, 6.45) is 1.18. The molecule has 0 aliphatic heterocycles. The van der Waals surface area contributed by atoms with Crippen molar-refractivity contribution in [3.63, 3.8) is 0 Å². The van der Waals surface area contributed by atoms with Crippen LogP contribution < -0.4 is 5.32 Å². The monoisotopic (exact) mass is 383 g/mol. The average molecular weight is 383 g/mol. The van der Waals surface area contributed by atoms with Crippen molar-refractivity contribution < 1.29 is 13.2 Å². The standard InChI is InChI=1S/C20H21N3O3S/c1-14-4-10-18(11-5-14)23-19(12-15(2)22-23)21-20(24)17-8-6-16(7-9-17)13-27(3,25)26/h4-12H,13H2,1-3H3,(H,21,24). The minimum absolute atomic E-state index is 0.0473. The number of nitrogens with zero attached hydrogens (tertiary/aromatic N) is 2. The molecule has 0 saturated carbocycles. The summed E-state index contributed by atoms with van der Waals surface area (Å²) < 4.78 is 24.4. The van der Waals surface area contributed by atoms with Crippen LogP contribution in [0.2, 0.25) is 0 Å². The van der Waals surface area contributed by atoms with E-state index in [2.05, 4.69) is 10.4 Å². The number of aromatic nitrogens is 2. The molecule has 0 atom stereocenters. The number of hydrogen-bond donors (Lipinski definition) is 1. The highest BCUT2D eigenvalue weighted by atomic mass is 32.2. The molecular formula is C20H21N3O3S. The van der Waals surface area contributed by atoms with Gasteiger partial charge in [0, 0.05) is 17.9 Å². The van der Waals surface area contributed by atoms with E-state index in [0.29, 0.717) is 16.9 Å². The molecule has 3 aromatic rings. The third kappa shape index (κ3) is 4.83. The first-order valence-corrected chi connectivity index (χ1v) is 10.5. The van der Waals surface area contributed by atoms with Crippen LogP contribution in [0.25, 0.3) is 5.69 Å². The third-order valence-electron chi connectivity index (χ3n) is 4.00. The first-order valence-electron chi connectivity index (χ1n) is 8.43. The molecule has 0 aliphatic rings. The Kier molecular flexibility index (Phi) is 5.14. The summed E-state index contributed by atoms with van der Waals surface area (Å²) in [7, 11) is -3.11. The lowest BCUT2D eigenvalue weighted by Crippen LogP contribution is -2.15. The molecule has 3 rings (SSSR count). The molecule has 0 bridgehead atoms. The van der Waals surface area contributed by atoms with E-state index in [-0.39, 0.29) is 11.7 Å². The van der Waals surface area contributed by atoms with Crippen molar-refractivity contribution >= 4 is 21.6 Å². The molecular weight excluding hydrogens is 362 g/mol. The summed E-state index contributed by atoms with van der Waals surface area (Å²) in [5.41, 5.74) is 3.88. The van der Waals surface area contributed by atoms with E-state index in [9.17, 15) is 13.2 Å². The van der Waals surface area contributed by atoms with Crippen LogP contribution in [-0.2, 0) is 15.6 Å². The predicted octanol–water partition coefficient (Wildman–Crippen LogP) is 3.29. The fraction of sp³-hybridized carbons (Fsp3) is 0.200. The second kappa shape index (κ2) is 7.36. The van der Waals surface area contributed by atoms with Crippen LogP contribution in [0, 0.1) is 13.8 Å². The molecule has 140 valence electrons. The quantitative estimate of drug-likeness (QED) is 0.733. The van der Waals surface area contributed by atoms with Crippen LogP contribution in [0.1, 0.15) is 27.2 Å². The topological polar surface area (TPSA) is 81.1 Å². The van der Waals surface area contributed by atoms with Crippen molar-refractivity contribution in [3.05, 3.63) is 77.0 Å². The normalized spacial score (nSPS) is 11.4. The molecule has 1 amide bonds. The van der Waals surface area contributed by atoms with Gasteiger partial charge < -0.3 is 5.32 Å². The number of hydrogen-bond acceptors (Lipinski definition) is 4. The summed E-state index contributed by atoms with van der Waals surface area (Å²) in [5, 5.41) is 7.32. The van der Waals surface area contributed by atoms with Crippen LogP contribution in [0.4, 0.5) is 5.82 Å². The van der Waals surface area contributed by atoms with Gasteiger partial charge in [-0.2, -0.15) is 5.10 Å². The fourth-order valence-corrected chi connectivity index (χ4v) is 3.51. The van der Waals surface area contributed by atoms with Crippen molar-refractivity contribution in [3.8, 4) is 5.69 Å². The summed E-state index contributed by atoms with van der Waals surface area (Å²) in [5.74, 6) is 0.240. The molecule has 0 radical (unpaired) electrons. The van der Waals surface area contributed by atoms with Gasteiger partial charge in [0.25, 0.3) is 5.91 Å². The summed E-state index contributed by atoms with van der Waals surface area (Å²) in [6.45, 7) is 3.87. The maximum Gasteiger partial charge on any atom is 0.256 e. The summed E-state index contributed by atoms with van der Waals surface area (Å²) >= 11 is 0. The first-order chi connectivity index (χ1) is 12.7. The van der Waals surface area contributed by atoms with E-state index in [1.165, 1.54) is 6.26 Å². The Balaban J connectivity index is 1.81. The molecule has 1 aromatic heterocycles. The van der Waals surface area contributed by atoms with Gasteiger partial charge >= 0.3 is 0 Å². The van der Waals surface area contributed by atoms with E-state index >= 15 is 0 Å². The second-order valence-corrected chi connectivity index (χ2v) is 8.78. The van der Waals surface area contributed by atoms with Crippen LogP contribution in [0.3, 0.4) is 0 Å². The molecule has 7 heteroatoms. The Labute approximate surface area is 158 Å². The molecule has 0 unspecified atom stereocenters. The number of rotatable bonds is 5. The van der Waals surface area contributed by atoms with Gasteiger partial charge in [-0.15, -0.1) is 0 Å². The Morgan fingerprint density at radius 2 is 1.67 bits per heavy atom. The van der Waals surface area contributed by atoms with Crippen LogP contribution in [0.15, 0.2) is 54.6 Å². The number of sulfone groups is 1. The Morgan fingerprint density at radius 3 is 2.26 bits per heavy atom. The van der Waals surface area contributed by atoms with Gasteiger partial charge in [-0.1, -0.05) is 29.8 Å². The summed E-state index contributed by atoms with van der Waals surface area (Å²) in [4.78, 5) is 12.6. The predicted molar refractivity (Wildman–Crippen MR) is 106 cm³/mol. The van der Waals surface area contributed by atoms with E-state index in [1.807, 2.05) is 38.1 Å².